The first kappa shape index (κ1) is 24.8. The molecule has 4 nitrogen and oxygen atoms in total. The van der Waals surface area contributed by atoms with Gasteiger partial charge in [-0.2, -0.15) is 13.2 Å². The Morgan fingerprint density at radius 2 is 1.82 bits per heavy atom. The van der Waals surface area contributed by atoms with Crippen LogP contribution in [0.1, 0.15) is 63.0 Å². The van der Waals surface area contributed by atoms with Crippen LogP contribution in [0.3, 0.4) is 0 Å². The molecule has 0 spiro atoms. The fourth-order valence-corrected chi connectivity index (χ4v) is 5.48. The molecule has 1 heterocycles. The van der Waals surface area contributed by atoms with E-state index in [9.17, 15) is 18.0 Å². The van der Waals surface area contributed by atoms with Crippen molar-refractivity contribution in [3.05, 3.63) is 41.5 Å². The minimum Gasteiger partial charge on any atom is -0.490 e. The number of likely N-dealkylation sites (tertiary alicyclic amines) is 1. The zero-order chi connectivity index (χ0) is 24.3. The average Bonchev–Trinajstić information content (AvgIpc) is 2.80. The maximum absolute atomic E-state index is 14.3. The highest BCUT2D eigenvalue weighted by Gasteiger charge is 2.37. The lowest BCUT2D eigenvalue weighted by molar-refractivity contribution is -0.142. The summed E-state index contributed by atoms with van der Waals surface area (Å²) in [6, 6.07) is 8.43. The monoisotopic (exact) mass is 477 g/mol. The van der Waals surface area contributed by atoms with Crippen LogP contribution in [0.25, 0.3) is 10.8 Å². The van der Waals surface area contributed by atoms with Crippen molar-refractivity contribution in [3.8, 4) is 5.75 Å². The van der Waals surface area contributed by atoms with Gasteiger partial charge in [0.2, 0.25) is 0 Å². The second kappa shape index (κ2) is 10.5. The lowest BCUT2D eigenvalue weighted by Crippen LogP contribution is -2.36. The summed E-state index contributed by atoms with van der Waals surface area (Å²) in [7, 11) is 1.39. The Morgan fingerprint density at radius 3 is 2.53 bits per heavy atom. The normalized spacial score (nSPS) is 24.2. The van der Waals surface area contributed by atoms with Gasteiger partial charge in [-0.15, -0.1) is 0 Å². The van der Waals surface area contributed by atoms with Gasteiger partial charge < -0.3 is 9.47 Å². The first-order chi connectivity index (χ1) is 16.2. The third-order valence-electron chi connectivity index (χ3n) is 7.33. The molecule has 4 rings (SSSR count). The molecule has 34 heavy (non-hydrogen) atoms. The number of methoxy groups -OCH3 is 1. The molecule has 0 unspecified atom stereocenters. The number of fused-ring (bicyclic) bond motifs is 1. The number of hydrogen-bond donors (Lipinski definition) is 0. The number of nitrogens with zero attached hydrogens (tertiary/aromatic N) is 1. The topological polar surface area (TPSA) is 38.8 Å². The van der Waals surface area contributed by atoms with Crippen LogP contribution in [0.4, 0.5) is 13.2 Å². The van der Waals surface area contributed by atoms with E-state index in [1.54, 1.807) is 18.2 Å². The van der Waals surface area contributed by atoms with Crippen LogP contribution in [0.15, 0.2) is 30.3 Å². The molecular weight excluding hydrogens is 443 g/mol. The van der Waals surface area contributed by atoms with E-state index in [0.29, 0.717) is 24.3 Å². The predicted molar refractivity (Wildman–Crippen MR) is 126 cm³/mol. The van der Waals surface area contributed by atoms with E-state index in [1.165, 1.54) is 13.2 Å². The van der Waals surface area contributed by atoms with Gasteiger partial charge in [-0.3, -0.25) is 9.69 Å². The molecule has 1 atom stereocenters. The van der Waals surface area contributed by atoms with Gasteiger partial charge in [0, 0.05) is 19.5 Å². The molecule has 2 aromatic carbocycles. The lowest BCUT2D eigenvalue weighted by atomic mass is 9.89. The molecule has 2 aliphatic rings. The van der Waals surface area contributed by atoms with Crippen molar-refractivity contribution in [2.75, 3.05) is 20.2 Å². The Bertz CT molecular complexity index is 999. The molecule has 0 aromatic heterocycles. The molecule has 1 aliphatic carbocycles. The van der Waals surface area contributed by atoms with Crippen LogP contribution in [-0.2, 0) is 22.3 Å². The van der Waals surface area contributed by atoms with E-state index >= 15 is 0 Å². The lowest BCUT2D eigenvalue weighted by Gasteiger charge is -2.32. The number of halogens is 3. The summed E-state index contributed by atoms with van der Waals surface area (Å²) in [6.45, 7) is 4.32. The van der Waals surface area contributed by atoms with Gasteiger partial charge in [-0.05, 0) is 79.3 Å². The number of hydrogen-bond acceptors (Lipinski definition) is 4. The van der Waals surface area contributed by atoms with E-state index in [-0.39, 0.29) is 29.1 Å². The standard InChI is InChI=1S/C27H34F3NO3/c1-18-8-10-21(11-9-18)34-24-13-12-22-20(6-3-7-23(22)26(24)27(28,29)30)17-31-14-4-5-19(16-31)15-25(32)33-2/h3,6-7,12-13,18-19,21H,4-5,8-11,14-17H2,1-2H3/t18-,19-,21+/m1/s1. The van der Waals surface area contributed by atoms with Crippen molar-refractivity contribution in [2.24, 2.45) is 11.8 Å². The largest absolute Gasteiger partial charge is 0.490 e. The molecule has 1 aliphatic heterocycles. The molecule has 0 bridgehead atoms. The Hall–Kier alpha value is -2.28. The van der Waals surface area contributed by atoms with Crippen molar-refractivity contribution in [1.82, 2.24) is 4.90 Å². The van der Waals surface area contributed by atoms with Crippen molar-refractivity contribution in [1.29, 1.82) is 0 Å². The Labute approximate surface area is 199 Å². The third-order valence-corrected chi connectivity index (χ3v) is 7.33. The molecule has 186 valence electrons. The average molecular weight is 478 g/mol. The minimum atomic E-state index is -4.51. The summed E-state index contributed by atoms with van der Waals surface area (Å²) in [5, 5.41) is 0.796. The number of rotatable bonds is 6. The van der Waals surface area contributed by atoms with Crippen LogP contribution in [0.5, 0.6) is 5.75 Å². The Balaban J connectivity index is 1.59. The number of ether oxygens (including phenoxy) is 2. The summed E-state index contributed by atoms with van der Waals surface area (Å²) < 4.78 is 53.5. The van der Waals surface area contributed by atoms with Crippen molar-refractivity contribution in [3.63, 3.8) is 0 Å². The number of carbonyl (C=O) groups excluding carboxylic acids is 1. The summed E-state index contributed by atoms with van der Waals surface area (Å²) >= 11 is 0. The second-order valence-electron chi connectivity index (χ2n) is 9.97. The molecule has 7 heteroatoms. The molecule has 1 saturated carbocycles. The van der Waals surface area contributed by atoms with Crippen LogP contribution < -0.4 is 4.74 Å². The maximum atomic E-state index is 14.3. The van der Waals surface area contributed by atoms with Crippen molar-refractivity contribution < 1.29 is 27.4 Å². The fraction of sp³-hybridized carbons (Fsp3) is 0.593. The van der Waals surface area contributed by atoms with Crippen LogP contribution in [-0.4, -0.2) is 37.2 Å². The van der Waals surface area contributed by atoms with Crippen LogP contribution in [0.2, 0.25) is 0 Å². The number of carbonyl (C=O) groups is 1. The van der Waals surface area contributed by atoms with Gasteiger partial charge >= 0.3 is 12.1 Å². The quantitative estimate of drug-likeness (QED) is 0.440. The van der Waals surface area contributed by atoms with E-state index in [0.717, 1.165) is 57.2 Å². The van der Waals surface area contributed by atoms with Gasteiger partial charge in [-0.25, -0.2) is 0 Å². The highest BCUT2D eigenvalue weighted by atomic mass is 19.4. The SMILES string of the molecule is COC(=O)C[C@H]1CCCN(Cc2cccc3c(C(F)(F)F)c(O[C@H]4CC[C@@H](C)CC4)ccc23)C1. The Morgan fingerprint density at radius 1 is 1.06 bits per heavy atom. The zero-order valence-corrected chi connectivity index (χ0v) is 20.0. The third kappa shape index (κ3) is 5.85. The van der Waals surface area contributed by atoms with Gasteiger partial charge in [0.1, 0.15) is 11.3 Å². The Kier molecular flexibility index (Phi) is 7.70. The highest BCUT2D eigenvalue weighted by Crippen LogP contribution is 2.43. The van der Waals surface area contributed by atoms with E-state index < -0.39 is 11.7 Å². The molecule has 2 fully saturated rings. The highest BCUT2D eigenvalue weighted by molar-refractivity contribution is 5.91. The first-order valence-electron chi connectivity index (χ1n) is 12.3. The summed E-state index contributed by atoms with van der Waals surface area (Å²) in [5.41, 5.74) is 0.187. The fourth-order valence-electron chi connectivity index (χ4n) is 5.48. The van der Waals surface area contributed by atoms with Gasteiger partial charge in [0.05, 0.1) is 13.2 Å². The maximum Gasteiger partial charge on any atom is 0.420 e. The molecule has 2 aromatic rings. The molecular formula is C27H34F3NO3. The van der Waals surface area contributed by atoms with Crippen molar-refractivity contribution >= 4 is 16.7 Å². The second-order valence-corrected chi connectivity index (χ2v) is 9.97. The summed E-state index contributed by atoms with van der Waals surface area (Å²) in [6.07, 6.45) is 1.16. The molecule has 0 amide bonds. The van der Waals surface area contributed by atoms with E-state index in [4.69, 9.17) is 9.47 Å². The smallest absolute Gasteiger partial charge is 0.420 e. The number of benzene rings is 2. The van der Waals surface area contributed by atoms with Gasteiger partial charge in [0.25, 0.3) is 0 Å². The van der Waals surface area contributed by atoms with Crippen molar-refractivity contribution in [2.45, 2.75) is 70.7 Å². The summed E-state index contributed by atoms with van der Waals surface area (Å²) in [5.74, 6) is 0.530. The van der Waals surface area contributed by atoms with E-state index in [2.05, 4.69) is 11.8 Å². The van der Waals surface area contributed by atoms with E-state index in [1.807, 2.05) is 6.07 Å². The predicted octanol–water partition coefficient (Wildman–Crippen LogP) is 6.59. The summed E-state index contributed by atoms with van der Waals surface area (Å²) in [4.78, 5) is 13.9. The molecule has 0 radical (unpaired) electrons. The first-order valence-corrected chi connectivity index (χ1v) is 12.3. The number of esters is 1. The van der Waals surface area contributed by atoms with Gasteiger partial charge in [0.15, 0.2) is 0 Å². The molecule has 0 N–H and O–H groups in total. The zero-order valence-electron chi connectivity index (χ0n) is 20.0. The van der Waals surface area contributed by atoms with Crippen LogP contribution in [0, 0.1) is 11.8 Å². The van der Waals surface area contributed by atoms with Gasteiger partial charge in [-0.1, -0.05) is 31.2 Å². The number of piperidine rings is 1. The molecule has 1 saturated heterocycles. The number of alkyl halides is 3. The van der Waals surface area contributed by atoms with Crippen LogP contribution >= 0.6 is 0 Å². The minimum absolute atomic E-state index is 0.0622.